The number of hydrogen-bond donors (Lipinski definition) is 1. The van der Waals surface area contributed by atoms with E-state index in [1.807, 2.05) is 19.1 Å². The summed E-state index contributed by atoms with van der Waals surface area (Å²) < 4.78 is 13.5. The largest absolute Gasteiger partial charge is 0.346 e. The molecule has 20 heavy (non-hydrogen) atoms. The molecule has 1 N–H and O–H groups in total. The number of hydrogen-bond acceptors (Lipinski definition) is 1. The second kappa shape index (κ2) is 6.06. The molecule has 104 valence electrons. The second-order valence-corrected chi connectivity index (χ2v) is 5.15. The lowest BCUT2D eigenvalue weighted by molar-refractivity contribution is 0.0939. The van der Waals surface area contributed by atoms with Crippen LogP contribution in [-0.2, 0) is 0 Å². The molecule has 0 aliphatic carbocycles. The zero-order valence-corrected chi connectivity index (χ0v) is 12.0. The Morgan fingerprint density at radius 3 is 2.65 bits per heavy atom. The summed E-state index contributed by atoms with van der Waals surface area (Å²) in [5.41, 5.74) is 1.73. The molecule has 0 bridgehead atoms. The molecule has 0 aromatic heterocycles. The number of benzene rings is 2. The van der Waals surface area contributed by atoms with Crippen LogP contribution >= 0.6 is 11.6 Å². The molecule has 2 rings (SSSR count). The van der Waals surface area contributed by atoms with Crippen molar-refractivity contribution >= 4 is 17.5 Å². The highest BCUT2D eigenvalue weighted by molar-refractivity contribution is 6.30. The minimum atomic E-state index is -0.381. The highest BCUT2D eigenvalue weighted by Gasteiger charge is 2.12. The van der Waals surface area contributed by atoms with Gasteiger partial charge in [-0.2, -0.15) is 0 Å². The van der Waals surface area contributed by atoms with E-state index in [-0.39, 0.29) is 17.8 Å². The number of aryl methyl sites for hydroxylation is 1. The van der Waals surface area contributed by atoms with Crippen LogP contribution in [0.5, 0.6) is 0 Å². The summed E-state index contributed by atoms with van der Waals surface area (Å²) in [6, 6.07) is 11.5. The van der Waals surface area contributed by atoms with Crippen LogP contribution < -0.4 is 5.32 Å². The lowest BCUT2D eigenvalue weighted by Gasteiger charge is -2.15. The Morgan fingerprint density at radius 2 is 2.00 bits per heavy atom. The predicted molar refractivity (Wildman–Crippen MR) is 78.5 cm³/mol. The van der Waals surface area contributed by atoms with E-state index in [0.717, 1.165) is 5.56 Å². The molecule has 2 aromatic rings. The maximum absolute atomic E-state index is 13.5. The standard InChI is InChI=1S/C16H15ClFNO/c1-10-6-7-13(9-15(10)18)16(20)19-11(2)12-4-3-5-14(17)8-12/h3-9,11H,1-2H3,(H,19,20)/t11-/m0/s1. The van der Waals surface area contributed by atoms with Crippen LogP contribution in [0.2, 0.25) is 5.02 Å². The van der Waals surface area contributed by atoms with Crippen LogP contribution in [0.3, 0.4) is 0 Å². The van der Waals surface area contributed by atoms with Crippen molar-refractivity contribution in [3.8, 4) is 0 Å². The van der Waals surface area contributed by atoms with Gasteiger partial charge in [-0.3, -0.25) is 4.79 Å². The van der Waals surface area contributed by atoms with Gasteiger partial charge in [-0.15, -0.1) is 0 Å². The third kappa shape index (κ3) is 3.36. The number of nitrogens with one attached hydrogen (secondary N) is 1. The van der Waals surface area contributed by atoms with Crippen LogP contribution in [0.4, 0.5) is 4.39 Å². The summed E-state index contributed by atoms with van der Waals surface area (Å²) in [4.78, 5) is 12.1. The fourth-order valence-corrected chi connectivity index (χ4v) is 2.07. The number of amides is 1. The Labute approximate surface area is 122 Å². The van der Waals surface area contributed by atoms with E-state index in [0.29, 0.717) is 16.1 Å². The van der Waals surface area contributed by atoms with Crippen LogP contribution in [-0.4, -0.2) is 5.91 Å². The average molecular weight is 292 g/mol. The molecule has 1 amide bonds. The van der Waals surface area contributed by atoms with E-state index in [4.69, 9.17) is 11.6 Å². The zero-order chi connectivity index (χ0) is 14.7. The van der Waals surface area contributed by atoms with Gasteiger partial charge in [0.1, 0.15) is 5.82 Å². The molecule has 1 atom stereocenters. The Balaban J connectivity index is 2.13. The first-order valence-electron chi connectivity index (χ1n) is 6.30. The van der Waals surface area contributed by atoms with Gasteiger partial charge >= 0.3 is 0 Å². The van der Waals surface area contributed by atoms with Gasteiger partial charge in [-0.25, -0.2) is 4.39 Å². The van der Waals surface area contributed by atoms with E-state index >= 15 is 0 Å². The number of carbonyl (C=O) groups is 1. The highest BCUT2D eigenvalue weighted by atomic mass is 35.5. The van der Waals surface area contributed by atoms with Gasteiger partial charge in [0.25, 0.3) is 5.91 Å². The monoisotopic (exact) mass is 291 g/mol. The maximum Gasteiger partial charge on any atom is 0.251 e. The van der Waals surface area contributed by atoms with Crippen molar-refractivity contribution in [2.45, 2.75) is 19.9 Å². The fraction of sp³-hybridized carbons (Fsp3) is 0.188. The topological polar surface area (TPSA) is 29.1 Å². The molecule has 0 fully saturated rings. The molecule has 0 saturated heterocycles. The lowest BCUT2D eigenvalue weighted by atomic mass is 10.1. The van der Waals surface area contributed by atoms with E-state index in [1.54, 1.807) is 31.2 Å². The molecule has 4 heteroatoms. The van der Waals surface area contributed by atoms with E-state index < -0.39 is 0 Å². The second-order valence-electron chi connectivity index (χ2n) is 4.71. The predicted octanol–water partition coefficient (Wildman–Crippen LogP) is 4.28. The van der Waals surface area contributed by atoms with Gasteiger partial charge in [0.2, 0.25) is 0 Å². The van der Waals surface area contributed by atoms with Gasteiger partial charge in [0.05, 0.1) is 6.04 Å². The molecule has 0 saturated carbocycles. The molecule has 0 heterocycles. The van der Waals surface area contributed by atoms with E-state index in [2.05, 4.69) is 5.32 Å². The number of rotatable bonds is 3. The van der Waals surface area contributed by atoms with Crippen LogP contribution in [0.15, 0.2) is 42.5 Å². The molecule has 0 spiro atoms. The van der Waals surface area contributed by atoms with Crippen molar-refractivity contribution in [2.24, 2.45) is 0 Å². The van der Waals surface area contributed by atoms with Gasteiger partial charge in [-0.05, 0) is 49.2 Å². The van der Waals surface area contributed by atoms with Crippen LogP contribution in [0.1, 0.15) is 34.5 Å². The molecule has 0 radical (unpaired) electrons. The first kappa shape index (κ1) is 14.5. The Hall–Kier alpha value is -1.87. The van der Waals surface area contributed by atoms with Crippen LogP contribution in [0, 0.1) is 12.7 Å². The molecule has 0 unspecified atom stereocenters. The van der Waals surface area contributed by atoms with Crippen molar-refractivity contribution in [1.82, 2.24) is 5.32 Å². The van der Waals surface area contributed by atoms with E-state index in [9.17, 15) is 9.18 Å². The molecule has 2 aromatic carbocycles. The lowest BCUT2D eigenvalue weighted by Crippen LogP contribution is -2.26. The van der Waals surface area contributed by atoms with Crippen molar-refractivity contribution in [3.63, 3.8) is 0 Å². The summed E-state index contributed by atoms with van der Waals surface area (Å²) in [6.45, 7) is 3.51. The Morgan fingerprint density at radius 1 is 1.25 bits per heavy atom. The molecule has 0 aliphatic heterocycles. The first-order valence-corrected chi connectivity index (χ1v) is 6.67. The summed E-state index contributed by atoms with van der Waals surface area (Å²) in [6.07, 6.45) is 0. The van der Waals surface area contributed by atoms with Gasteiger partial charge in [-0.1, -0.05) is 29.8 Å². The normalized spacial score (nSPS) is 12.0. The maximum atomic E-state index is 13.5. The van der Waals surface area contributed by atoms with Gasteiger partial charge < -0.3 is 5.32 Å². The minimum absolute atomic E-state index is 0.203. The highest BCUT2D eigenvalue weighted by Crippen LogP contribution is 2.18. The van der Waals surface area contributed by atoms with Crippen molar-refractivity contribution in [2.75, 3.05) is 0 Å². The van der Waals surface area contributed by atoms with Crippen molar-refractivity contribution < 1.29 is 9.18 Å². The molecule has 2 nitrogen and oxygen atoms in total. The third-order valence-electron chi connectivity index (χ3n) is 3.13. The van der Waals surface area contributed by atoms with Crippen molar-refractivity contribution in [1.29, 1.82) is 0 Å². The van der Waals surface area contributed by atoms with Gasteiger partial charge in [0, 0.05) is 10.6 Å². The molecular formula is C16H15ClFNO. The minimum Gasteiger partial charge on any atom is -0.346 e. The molecule has 0 aliphatic rings. The number of halogens is 2. The summed E-state index contributed by atoms with van der Waals surface area (Å²) in [7, 11) is 0. The van der Waals surface area contributed by atoms with Crippen molar-refractivity contribution in [3.05, 3.63) is 70.0 Å². The fourth-order valence-electron chi connectivity index (χ4n) is 1.87. The third-order valence-corrected chi connectivity index (χ3v) is 3.37. The Bertz CT molecular complexity index is 642. The molecular weight excluding hydrogens is 277 g/mol. The van der Waals surface area contributed by atoms with E-state index in [1.165, 1.54) is 6.07 Å². The summed E-state index contributed by atoms with van der Waals surface area (Å²) in [5, 5.41) is 3.44. The Kier molecular flexibility index (Phi) is 4.40. The summed E-state index contributed by atoms with van der Waals surface area (Å²) >= 11 is 5.92. The quantitative estimate of drug-likeness (QED) is 0.898. The van der Waals surface area contributed by atoms with Gasteiger partial charge in [0.15, 0.2) is 0 Å². The smallest absolute Gasteiger partial charge is 0.251 e. The first-order chi connectivity index (χ1) is 9.47. The number of carbonyl (C=O) groups excluding carboxylic acids is 1. The summed E-state index contributed by atoms with van der Waals surface area (Å²) in [5.74, 6) is -0.690. The SMILES string of the molecule is Cc1ccc(C(=O)N[C@@H](C)c2cccc(Cl)c2)cc1F. The average Bonchev–Trinajstić information content (AvgIpc) is 2.41. The zero-order valence-electron chi connectivity index (χ0n) is 11.3. The van der Waals surface area contributed by atoms with Crippen LogP contribution in [0.25, 0.3) is 0 Å².